The summed E-state index contributed by atoms with van der Waals surface area (Å²) in [5, 5.41) is 9.65. The number of hydrogen-bond acceptors (Lipinski definition) is 2. The highest BCUT2D eigenvalue weighted by Gasteiger charge is 2.16. The normalized spacial score (nSPS) is 13.5. The molecule has 1 heterocycles. The maximum absolute atomic E-state index is 4.75. The van der Waals surface area contributed by atoms with Gasteiger partial charge >= 0.3 is 0 Å². The topological polar surface area (TPSA) is 29.9 Å². The van der Waals surface area contributed by atoms with Crippen molar-refractivity contribution >= 4 is 10.9 Å². The first-order chi connectivity index (χ1) is 9.97. The molecule has 3 nitrogen and oxygen atoms in total. The average molecular weight is 287 g/mol. The van der Waals surface area contributed by atoms with Crippen molar-refractivity contribution in [1.29, 1.82) is 0 Å². The van der Waals surface area contributed by atoms with Crippen LogP contribution in [0.5, 0.6) is 0 Å². The number of aromatic nitrogens is 2. The number of rotatable bonds is 7. The third kappa shape index (κ3) is 4.31. The van der Waals surface area contributed by atoms with Crippen molar-refractivity contribution in [2.75, 3.05) is 6.54 Å². The summed E-state index contributed by atoms with van der Waals surface area (Å²) in [6.45, 7) is 10.1. The number of hydrogen-bond donors (Lipinski definition) is 1. The summed E-state index contributed by atoms with van der Waals surface area (Å²) in [4.78, 5) is 0. The van der Waals surface area contributed by atoms with Crippen molar-refractivity contribution in [3.63, 3.8) is 0 Å². The minimum absolute atomic E-state index is 0.542. The Morgan fingerprint density at radius 2 is 1.86 bits per heavy atom. The number of para-hydroxylation sites is 1. The van der Waals surface area contributed by atoms with E-state index in [1.165, 1.54) is 23.0 Å². The van der Waals surface area contributed by atoms with Gasteiger partial charge in [0.2, 0.25) is 0 Å². The Morgan fingerprint density at radius 1 is 1.14 bits per heavy atom. The molecule has 0 fully saturated rings. The number of aryl methyl sites for hydroxylation is 1. The monoisotopic (exact) mass is 287 g/mol. The predicted octanol–water partition coefficient (Wildman–Crippen LogP) is 3.78. The van der Waals surface area contributed by atoms with Crippen molar-refractivity contribution in [2.45, 2.75) is 46.6 Å². The first-order valence-electron chi connectivity index (χ1n) is 8.11. The molecule has 0 aliphatic rings. The molecule has 3 heteroatoms. The van der Waals surface area contributed by atoms with Crippen LogP contribution >= 0.6 is 0 Å². The zero-order valence-electron chi connectivity index (χ0n) is 14.1. The number of benzene rings is 1. The lowest BCUT2D eigenvalue weighted by molar-refractivity contribution is 0.370. The summed E-state index contributed by atoms with van der Waals surface area (Å²) in [7, 11) is 2.04. The van der Waals surface area contributed by atoms with Crippen LogP contribution in [0.15, 0.2) is 24.3 Å². The van der Waals surface area contributed by atoms with Crippen LogP contribution in [0, 0.1) is 11.8 Å². The lowest BCUT2D eigenvalue weighted by Crippen LogP contribution is -2.30. The zero-order valence-corrected chi connectivity index (χ0v) is 14.1. The van der Waals surface area contributed by atoms with Gasteiger partial charge in [0.15, 0.2) is 0 Å². The molecule has 1 aromatic heterocycles. The van der Waals surface area contributed by atoms with E-state index in [9.17, 15) is 0 Å². The van der Waals surface area contributed by atoms with E-state index in [-0.39, 0.29) is 0 Å². The number of fused-ring (bicyclic) bond motifs is 1. The van der Waals surface area contributed by atoms with Crippen molar-refractivity contribution in [1.82, 2.24) is 15.1 Å². The van der Waals surface area contributed by atoms with Gasteiger partial charge in [-0.15, -0.1) is 0 Å². The van der Waals surface area contributed by atoms with Crippen molar-refractivity contribution in [3.8, 4) is 0 Å². The van der Waals surface area contributed by atoms with Crippen LogP contribution in [-0.2, 0) is 13.5 Å². The van der Waals surface area contributed by atoms with Gasteiger partial charge in [-0.25, -0.2) is 0 Å². The summed E-state index contributed by atoms with van der Waals surface area (Å²) in [6.07, 6.45) is 2.30. The Hall–Kier alpha value is -1.35. The first-order valence-corrected chi connectivity index (χ1v) is 8.11. The second-order valence-corrected chi connectivity index (χ2v) is 6.85. The molecule has 116 valence electrons. The van der Waals surface area contributed by atoms with Crippen LogP contribution in [-0.4, -0.2) is 22.4 Å². The molecule has 0 spiro atoms. The quantitative estimate of drug-likeness (QED) is 0.840. The molecule has 2 rings (SSSR count). The van der Waals surface area contributed by atoms with E-state index in [1.807, 2.05) is 11.7 Å². The van der Waals surface area contributed by atoms with Crippen molar-refractivity contribution in [2.24, 2.45) is 18.9 Å². The molecule has 1 unspecified atom stereocenters. The second kappa shape index (κ2) is 7.08. The molecule has 0 saturated carbocycles. The van der Waals surface area contributed by atoms with Crippen LogP contribution in [0.3, 0.4) is 0 Å². The molecule has 1 atom stereocenters. The van der Waals surface area contributed by atoms with Crippen LogP contribution in [0.25, 0.3) is 10.9 Å². The molecule has 0 aliphatic carbocycles. The van der Waals surface area contributed by atoms with Gasteiger partial charge in [-0.3, -0.25) is 4.68 Å². The van der Waals surface area contributed by atoms with Gasteiger partial charge in [-0.2, -0.15) is 5.10 Å². The van der Waals surface area contributed by atoms with Gasteiger partial charge in [-0.1, -0.05) is 45.9 Å². The fourth-order valence-electron chi connectivity index (χ4n) is 3.02. The minimum Gasteiger partial charge on any atom is -0.314 e. The first kappa shape index (κ1) is 16.0. The van der Waals surface area contributed by atoms with E-state index >= 15 is 0 Å². The Bertz CT molecular complexity index is 569. The highest BCUT2D eigenvalue weighted by Crippen LogP contribution is 2.23. The standard InChI is InChI=1S/C18H29N3/c1-13(2)10-15(12-19-14(3)4)11-17-16-8-6-7-9-18(16)21(5)20-17/h6-9,13-15,19H,10-12H2,1-5H3. The highest BCUT2D eigenvalue weighted by molar-refractivity contribution is 5.81. The van der Waals surface area contributed by atoms with E-state index in [1.54, 1.807) is 0 Å². The lowest BCUT2D eigenvalue weighted by atomic mass is 9.91. The highest BCUT2D eigenvalue weighted by atomic mass is 15.3. The zero-order chi connectivity index (χ0) is 15.4. The summed E-state index contributed by atoms with van der Waals surface area (Å²) in [6, 6.07) is 9.08. The van der Waals surface area contributed by atoms with Gasteiger partial charge < -0.3 is 5.32 Å². The molecule has 0 bridgehead atoms. The number of nitrogens with one attached hydrogen (secondary N) is 1. The Morgan fingerprint density at radius 3 is 2.52 bits per heavy atom. The Labute approximate surface area is 128 Å². The predicted molar refractivity (Wildman–Crippen MR) is 90.5 cm³/mol. The SMILES string of the molecule is CC(C)CC(CNC(C)C)Cc1nn(C)c2ccccc12. The Balaban J connectivity index is 2.17. The fourth-order valence-corrected chi connectivity index (χ4v) is 3.02. The van der Waals surface area contributed by atoms with Crippen LogP contribution < -0.4 is 5.32 Å². The van der Waals surface area contributed by atoms with Gasteiger partial charge in [0.1, 0.15) is 0 Å². The fraction of sp³-hybridized carbons (Fsp3) is 0.611. The average Bonchev–Trinajstić information content (AvgIpc) is 2.73. The molecular weight excluding hydrogens is 258 g/mol. The molecule has 1 aromatic carbocycles. The molecular formula is C18H29N3. The molecule has 1 N–H and O–H groups in total. The summed E-state index contributed by atoms with van der Waals surface area (Å²) in [5.74, 6) is 1.37. The molecule has 2 aromatic rings. The van der Waals surface area contributed by atoms with E-state index in [0.717, 1.165) is 18.9 Å². The van der Waals surface area contributed by atoms with E-state index in [0.29, 0.717) is 12.0 Å². The molecule has 0 saturated heterocycles. The molecule has 0 amide bonds. The molecule has 0 radical (unpaired) electrons. The van der Waals surface area contributed by atoms with Gasteiger partial charge in [-0.05, 0) is 37.3 Å². The number of nitrogens with zero attached hydrogens (tertiary/aromatic N) is 2. The van der Waals surface area contributed by atoms with E-state index in [2.05, 4.69) is 57.3 Å². The van der Waals surface area contributed by atoms with Crippen LogP contribution in [0.4, 0.5) is 0 Å². The summed E-state index contributed by atoms with van der Waals surface area (Å²) < 4.78 is 2.01. The van der Waals surface area contributed by atoms with Crippen LogP contribution in [0.1, 0.15) is 39.8 Å². The summed E-state index contributed by atoms with van der Waals surface area (Å²) >= 11 is 0. The Kier molecular flexibility index (Phi) is 5.40. The van der Waals surface area contributed by atoms with E-state index < -0.39 is 0 Å². The largest absolute Gasteiger partial charge is 0.314 e. The third-order valence-corrected chi connectivity index (χ3v) is 3.94. The summed E-state index contributed by atoms with van der Waals surface area (Å²) in [5.41, 5.74) is 2.47. The van der Waals surface area contributed by atoms with Gasteiger partial charge in [0, 0.05) is 18.5 Å². The van der Waals surface area contributed by atoms with Gasteiger partial charge in [0.05, 0.1) is 11.2 Å². The molecule has 0 aliphatic heterocycles. The smallest absolute Gasteiger partial charge is 0.0706 e. The van der Waals surface area contributed by atoms with Crippen molar-refractivity contribution < 1.29 is 0 Å². The second-order valence-electron chi connectivity index (χ2n) is 6.85. The minimum atomic E-state index is 0.542. The maximum atomic E-state index is 4.75. The third-order valence-electron chi connectivity index (χ3n) is 3.94. The van der Waals surface area contributed by atoms with Crippen LogP contribution in [0.2, 0.25) is 0 Å². The molecule has 21 heavy (non-hydrogen) atoms. The maximum Gasteiger partial charge on any atom is 0.0706 e. The van der Waals surface area contributed by atoms with Crippen molar-refractivity contribution in [3.05, 3.63) is 30.0 Å². The van der Waals surface area contributed by atoms with E-state index in [4.69, 9.17) is 5.10 Å². The lowest BCUT2D eigenvalue weighted by Gasteiger charge is -2.20. The van der Waals surface area contributed by atoms with Gasteiger partial charge in [0.25, 0.3) is 0 Å².